The zero-order valence-electron chi connectivity index (χ0n) is 27.7. The van der Waals surface area contributed by atoms with E-state index in [9.17, 15) is 9.59 Å². The molecule has 0 spiro atoms. The highest BCUT2D eigenvalue weighted by molar-refractivity contribution is 5.68. The summed E-state index contributed by atoms with van der Waals surface area (Å²) in [4.78, 5) is 29.8. The fourth-order valence-corrected chi connectivity index (χ4v) is 5.96. The summed E-state index contributed by atoms with van der Waals surface area (Å²) in [6.07, 6.45) is 36.3. The Morgan fingerprint density at radius 2 is 0.857 bits per heavy atom. The Hall–Kier alpha value is -1.40. The molecule has 0 heterocycles. The van der Waals surface area contributed by atoms with Crippen LogP contribution in [0.25, 0.3) is 0 Å². The van der Waals surface area contributed by atoms with Gasteiger partial charge in [-0.25, -0.2) is 9.59 Å². The molecule has 0 aromatic heterocycles. The largest absolute Gasteiger partial charge is 0.342 e. The molecule has 0 radical (unpaired) electrons. The standard InChI is InChI=1S/C36H68O6/c1-3-5-7-9-11-15-21-27-33(29-23-17-13-19-25-31-35(37)41-39)34(28-22-16-12-10-8-6-4-2)30-24-18-14-20-26-32-36(38)42-40/h27,34,39-40H,3-26,28-32H2,1-2H3. The maximum Gasteiger partial charge on any atom is 0.342 e. The van der Waals surface area contributed by atoms with Crippen molar-refractivity contribution in [3.63, 3.8) is 0 Å². The van der Waals surface area contributed by atoms with E-state index >= 15 is 0 Å². The quantitative estimate of drug-likeness (QED) is 0.0347. The Morgan fingerprint density at radius 1 is 0.500 bits per heavy atom. The van der Waals surface area contributed by atoms with Gasteiger partial charge in [0, 0.05) is 12.8 Å². The van der Waals surface area contributed by atoms with Crippen LogP contribution in [0.4, 0.5) is 0 Å². The van der Waals surface area contributed by atoms with Crippen LogP contribution in [0.15, 0.2) is 11.6 Å². The summed E-state index contributed by atoms with van der Waals surface area (Å²) in [5, 5.41) is 16.8. The normalized spacial score (nSPS) is 12.4. The molecule has 0 rings (SSSR count). The zero-order chi connectivity index (χ0) is 30.9. The highest BCUT2D eigenvalue weighted by Crippen LogP contribution is 2.30. The van der Waals surface area contributed by atoms with E-state index in [0.717, 1.165) is 38.5 Å². The molecule has 0 amide bonds. The van der Waals surface area contributed by atoms with Gasteiger partial charge in [0.2, 0.25) is 0 Å². The lowest BCUT2D eigenvalue weighted by atomic mass is 9.84. The SMILES string of the molecule is CCCCCCCCC=C(CCCCCCCC(=O)OO)C(CCCCCCCCC)CCCCCCCC(=O)OO. The van der Waals surface area contributed by atoms with Crippen molar-refractivity contribution in [1.29, 1.82) is 0 Å². The molecule has 0 saturated carbocycles. The number of carbonyl (C=O) groups is 2. The minimum atomic E-state index is -0.532. The third kappa shape index (κ3) is 27.4. The molecule has 248 valence electrons. The predicted octanol–water partition coefficient (Wildman–Crippen LogP) is 11.9. The van der Waals surface area contributed by atoms with Crippen LogP contribution in [0.1, 0.15) is 200 Å². The molecule has 6 nitrogen and oxygen atoms in total. The van der Waals surface area contributed by atoms with Gasteiger partial charge in [0.1, 0.15) is 0 Å². The average molecular weight is 597 g/mol. The van der Waals surface area contributed by atoms with E-state index in [4.69, 9.17) is 10.5 Å². The molecule has 6 heteroatoms. The van der Waals surface area contributed by atoms with Crippen molar-refractivity contribution in [3.8, 4) is 0 Å². The summed E-state index contributed by atoms with van der Waals surface area (Å²) in [6.45, 7) is 4.55. The second-order valence-corrected chi connectivity index (χ2v) is 12.4. The van der Waals surface area contributed by atoms with Crippen LogP contribution in [0, 0.1) is 5.92 Å². The van der Waals surface area contributed by atoms with Crippen molar-refractivity contribution >= 4 is 11.9 Å². The molecular formula is C36H68O6. The monoisotopic (exact) mass is 597 g/mol. The third-order valence-corrected chi connectivity index (χ3v) is 8.63. The molecule has 0 saturated heterocycles. The second kappa shape index (κ2) is 32.5. The second-order valence-electron chi connectivity index (χ2n) is 12.4. The summed E-state index contributed by atoms with van der Waals surface area (Å²) >= 11 is 0. The first-order valence-corrected chi connectivity index (χ1v) is 18.0. The fraction of sp³-hybridized carbons (Fsp3) is 0.889. The lowest BCUT2D eigenvalue weighted by Gasteiger charge is -2.22. The molecule has 1 unspecified atom stereocenters. The molecule has 0 aromatic carbocycles. The number of hydrogen-bond donors (Lipinski definition) is 2. The number of carbonyl (C=O) groups excluding carboxylic acids is 2. The summed E-state index contributed by atoms with van der Waals surface area (Å²) in [7, 11) is 0. The number of unbranched alkanes of at least 4 members (excludes halogenated alkanes) is 20. The number of rotatable bonds is 32. The number of hydrogen-bond acceptors (Lipinski definition) is 6. The first-order valence-electron chi connectivity index (χ1n) is 18.0. The van der Waals surface area contributed by atoms with Crippen molar-refractivity contribution in [2.75, 3.05) is 0 Å². The highest BCUT2D eigenvalue weighted by atomic mass is 17.1. The minimum Gasteiger partial charge on any atom is -0.301 e. The number of allylic oxidation sites excluding steroid dienone is 2. The van der Waals surface area contributed by atoms with E-state index in [1.807, 2.05) is 0 Å². The minimum absolute atomic E-state index is 0.298. The molecule has 1 atom stereocenters. The van der Waals surface area contributed by atoms with Crippen LogP contribution in [0.5, 0.6) is 0 Å². The van der Waals surface area contributed by atoms with Gasteiger partial charge in [-0.3, -0.25) is 0 Å². The first kappa shape index (κ1) is 40.6. The van der Waals surface area contributed by atoms with E-state index in [1.54, 1.807) is 5.57 Å². The average Bonchev–Trinajstić information content (AvgIpc) is 3.00. The van der Waals surface area contributed by atoms with Gasteiger partial charge in [-0.05, 0) is 57.3 Å². The zero-order valence-corrected chi connectivity index (χ0v) is 27.7. The fourth-order valence-electron chi connectivity index (χ4n) is 5.96. The van der Waals surface area contributed by atoms with E-state index in [2.05, 4.69) is 29.7 Å². The van der Waals surface area contributed by atoms with Gasteiger partial charge in [-0.1, -0.05) is 147 Å². The van der Waals surface area contributed by atoms with Crippen molar-refractivity contribution < 1.29 is 29.9 Å². The molecule has 0 bridgehead atoms. The van der Waals surface area contributed by atoms with Crippen molar-refractivity contribution in [1.82, 2.24) is 0 Å². The lowest BCUT2D eigenvalue weighted by Crippen LogP contribution is -2.06. The highest BCUT2D eigenvalue weighted by Gasteiger charge is 2.14. The molecule has 0 aromatic rings. The molecule has 42 heavy (non-hydrogen) atoms. The van der Waals surface area contributed by atoms with E-state index in [1.165, 1.54) is 135 Å². The van der Waals surface area contributed by atoms with Crippen LogP contribution in [-0.2, 0) is 19.4 Å². The van der Waals surface area contributed by atoms with Crippen molar-refractivity contribution in [2.45, 2.75) is 200 Å². The third-order valence-electron chi connectivity index (χ3n) is 8.63. The van der Waals surface area contributed by atoms with E-state index in [0.29, 0.717) is 18.8 Å². The molecule has 2 N–H and O–H groups in total. The van der Waals surface area contributed by atoms with Crippen molar-refractivity contribution in [2.24, 2.45) is 5.92 Å². The molecule has 0 aliphatic heterocycles. The van der Waals surface area contributed by atoms with Crippen LogP contribution in [-0.4, -0.2) is 22.5 Å². The van der Waals surface area contributed by atoms with Crippen LogP contribution >= 0.6 is 0 Å². The van der Waals surface area contributed by atoms with Gasteiger partial charge in [-0.15, -0.1) is 0 Å². The van der Waals surface area contributed by atoms with Crippen LogP contribution in [0.3, 0.4) is 0 Å². The Labute approximate surface area is 259 Å². The summed E-state index contributed by atoms with van der Waals surface area (Å²) in [6, 6.07) is 0. The summed E-state index contributed by atoms with van der Waals surface area (Å²) < 4.78 is 0. The predicted molar refractivity (Wildman–Crippen MR) is 174 cm³/mol. The Kier molecular flexibility index (Phi) is 31.4. The molecule has 0 aliphatic carbocycles. The smallest absolute Gasteiger partial charge is 0.301 e. The van der Waals surface area contributed by atoms with E-state index in [-0.39, 0.29) is 0 Å². The summed E-state index contributed by atoms with van der Waals surface area (Å²) in [5.74, 6) is -0.377. The first-order chi connectivity index (χ1) is 20.6. The van der Waals surface area contributed by atoms with E-state index < -0.39 is 11.9 Å². The van der Waals surface area contributed by atoms with Gasteiger partial charge in [0.25, 0.3) is 0 Å². The Morgan fingerprint density at radius 3 is 1.29 bits per heavy atom. The molecular weight excluding hydrogens is 528 g/mol. The molecule has 0 aliphatic rings. The van der Waals surface area contributed by atoms with Gasteiger partial charge < -0.3 is 9.78 Å². The Bertz CT molecular complexity index is 632. The van der Waals surface area contributed by atoms with Gasteiger partial charge >= 0.3 is 11.9 Å². The van der Waals surface area contributed by atoms with Crippen LogP contribution in [0.2, 0.25) is 0 Å². The van der Waals surface area contributed by atoms with Gasteiger partial charge in [0.05, 0.1) is 0 Å². The topological polar surface area (TPSA) is 93.1 Å². The van der Waals surface area contributed by atoms with Crippen molar-refractivity contribution in [3.05, 3.63) is 11.6 Å². The van der Waals surface area contributed by atoms with Gasteiger partial charge in [-0.2, -0.15) is 10.5 Å². The maximum atomic E-state index is 11.1. The van der Waals surface area contributed by atoms with Gasteiger partial charge in [0.15, 0.2) is 0 Å². The summed E-state index contributed by atoms with van der Waals surface area (Å²) in [5.41, 5.74) is 1.70. The Balaban J connectivity index is 4.92. The van der Waals surface area contributed by atoms with Crippen LogP contribution < -0.4 is 0 Å². The maximum absolute atomic E-state index is 11.1. The lowest BCUT2D eigenvalue weighted by molar-refractivity contribution is -0.234. The molecule has 0 fully saturated rings.